The van der Waals surface area contributed by atoms with Gasteiger partial charge in [-0.1, -0.05) is 28.4 Å². The van der Waals surface area contributed by atoms with E-state index in [0.29, 0.717) is 57.9 Å². The molecule has 0 unspecified atom stereocenters. The highest BCUT2D eigenvalue weighted by Crippen LogP contribution is 2.35. The van der Waals surface area contributed by atoms with E-state index >= 15 is 0 Å². The van der Waals surface area contributed by atoms with Crippen LogP contribution < -0.4 is 9.47 Å². The first kappa shape index (κ1) is 22.4. The zero-order valence-corrected chi connectivity index (χ0v) is 18.9. The Bertz CT molecular complexity index is 1130. The number of hydrogen-bond acceptors (Lipinski definition) is 7. The van der Waals surface area contributed by atoms with Crippen molar-refractivity contribution in [1.29, 1.82) is 0 Å². The third kappa shape index (κ3) is 4.97. The van der Waals surface area contributed by atoms with Gasteiger partial charge in [0.05, 0.1) is 28.7 Å². The van der Waals surface area contributed by atoms with Gasteiger partial charge < -0.3 is 19.1 Å². The predicted octanol–water partition coefficient (Wildman–Crippen LogP) is 5.52. The molecule has 168 valence electrons. The van der Waals surface area contributed by atoms with Gasteiger partial charge in [0.25, 0.3) is 5.89 Å². The molecule has 2 aromatic heterocycles. The lowest BCUT2D eigenvalue weighted by atomic mass is 10.1. The molecule has 0 radical (unpaired) electrons. The molecular weight excluding hydrogens is 457 g/mol. The normalized spacial score (nSPS) is 18.2. The molecule has 2 heterocycles. The van der Waals surface area contributed by atoms with Crippen molar-refractivity contribution in [2.75, 3.05) is 0 Å². The van der Waals surface area contributed by atoms with Crippen LogP contribution in [0, 0.1) is 5.92 Å². The Morgan fingerprint density at radius 2 is 2.03 bits per heavy atom. The van der Waals surface area contributed by atoms with Crippen molar-refractivity contribution in [1.82, 2.24) is 15.1 Å². The molecule has 1 aromatic carbocycles. The molecule has 1 fully saturated rings. The summed E-state index contributed by atoms with van der Waals surface area (Å²) >= 11 is 12.7. The Balaban J connectivity index is 1.48. The zero-order chi connectivity index (χ0) is 22.8. The van der Waals surface area contributed by atoms with Crippen LogP contribution in [0.1, 0.15) is 33.1 Å². The van der Waals surface area contributed by atoms with E-state index in [1.165, 1.54) is 0 Å². The zero-order valence-electron chi connectivity index (χ0n) is 17.4. The van der Waals surface area contributed by atoms with Crippen molar-refractivity contribution in [2.45, 2.75) is 45.3 Å². The van der Waals surface area contributed by atoms with Crippen LogP contribution in [0.2, 0.25) is 10.0 Å². The molecule has 4 rings (SSSR count). The van der Waals surface area contributed by atoms with E-state index in [9.17, 15) is 4.79 Å². The molecular formula is C22H21Cl2N3O5. The topological polar surface area (TPSA) is 108 Å². The average molecular weight is 478 g/mol. The summed E-state index contributed by atoms with van der Waals surface area (Å²) in [6.45, 7) is 3.77. The second-order valence-electron chi connectivity index (χ2n) is 7.83. The summed E-state index contributed by atoms with van der Waals surface area (Å²) in [5, 5.41) is 13.9. The van der Waals surface area contributed by atoms with E-state index in [-0.39, 0.29) is 24.0 Å². The summed E-state index contributed by atoms with van der Waals surface area (Å²) in [7, 11) is 0. The summed E-state index contributed by atoms with van der Waals surface area (Å²) in [6.07, 6.45) is 3.14. The Labute approximate surface area is 194 Å². The lowest BCUT2D eigenvalue weighted by Crippen LogP contribution is -2.15. The van der Waals surface area contributed by atoms with E-state index in [1.807, 2.05) is 13.8 Å². The summed E-state index contributed by atoms with van der Waals surface area (Å²) in [4.78, 5) is 19.7. The van der Waals surface area contributed by atoms with Crippen molar-refractivity contribution in [2.24, 2.45) is 5.92 Å². The van der Waals surface area contributed by atoms with Crippen LogP contribution in [0.4, 0.5) is 0 Å². The molecule has 32 heavy (non-hydrogen) atoms. The lowest BCUT2D eigenvalue weighted by molar-refractivity contribution is -0.141. The van der Waals surface area contributed by atoms with E-state index < -0.39 is 5.97 Å². The third-order valence-electron chi connectivity index (χ3n) is 5.05. The van der Waals surface area contributed by atoms with E-state index in [1.54, 1.807) is 30.5 Å². The molecule has 0 amide bonds. The highest BCUT2D eigenvalue weighted by Gasteiger charge is 2.31. The van der Waals surface area contributed by atoms with Gasteiger partial charge in [0.2, 0.25) is 11.7 Å². The second-order valence-corrected chi connectivity index (χ2v) is 8.64. The van der Waals surface area contributed by atoms with Crippen LogP contribution in [-0.4, -0.2) is 38.4 Å². The minimum absolute atomic E-state index is 0.0535. The minimum atomic E-state index is -0.782. The molecule has 8 nitrogen and oxygen atoms in total. The van der Waals surface area contributed by atoms with Gasteiger partial charge in [-0.3, -0.25) is 4.79 Å². The number of halogens is 2. The van der Waals surface area contributed by atoms with E-state index in [2.05, 4.69) is 15.1 Å². The van der Waals surface area contributed by atoms with Gasteiger partial charge in [-0.05, 0) is 57.4 Å². The largest absolute Gasteiger partial charge is 0.490 e. The Hall–Kier alpha value is -2.84. The van der Waals surface area contributed by atoms with Crippen molar-refractivity contribution >= 4 is 29.2 Å². The summed E-state index contributed by atoms with van der Waals surface area (Å²) in [5.41, 5.74) is 1.12. The molecule has 1 aliphatic rings. The molecule has 3 aromatic rings. The smallest absolute Gasteiger partial charge is 0.306 e. The van der Waals surface area contributed by atoms with Crippen LogP contribution in [-0.2, 0) is 4.79 Å². The van der Waals surface area contributed by atoms with E-state index in [0.717, 1.165) is 0 Å². The molecule has 0 aliphatic heterocycles. The number of carboxylic acids is 1. The van der Waals surface area contributed by atoms with Gasteiger partial charge in [0.15, 0.2) is 0 Å². The SMILES string of the molecule is CC(C)Oc1ncc(-c2nc(-c3ccc(O[C@@H]4CC[C@H](C(=O)O)C4)cc3Cl)no2)cc1Cl. The van der Waals surface area contributed by atoms with E-state index in [4.69, 9.17) is 42.3 Å². The van der Waals surface area contributed by atoms with Crippen LogP contribution in [0.3, 0.4) is 0 Å². The van der Waals surface area contributed by atoms with Gasteiger partial charge in [-0.15, -0.1) is 0 Å². The fourth-order valence-electron chi connectivity index (χ4n) is 3.52. The molecule has 0 bridgehead atoms. The minimum Gasteiger partial charge on any atom is -0.490 e. The molecule has 1 aliphatic carbocycles. The number of hydrogen-bond donors (Lipinski definition) is 1. The maximum atomic E-state index is 11.1. The summed E-state index contributed by atoms with van der Waals surface area (Å²) < 4.78 is 16.8. The molecule has 1 N–H and O–H groups in total. The Morgan fingerprint density at radius 3 is 2.69 bits per heavy atom. The summed E-state index contributed by atoms with van der Waals surface area (Å²) in [5.74, 6) is 0.308. The van der Waals surface area contributed by atoms with Crippen molar-refractivity contribution in [3.8, 4) is 34.5 Å². The third-order valence-corrected chi connectivity index (χ3v) is 5.63. The number of aromatic nitrogens is 3. The molecule has 2 atom stereocenters. The first-order valence-corrected chi connectivity index (χ1v) is 10.9. The standard InChI is InChI=1S/C22H21Cl2N3O5/c1-11(2)30-21-18(24)8-13(10-25-21)20-26-19(27-32-20)16-6-5-15(9-17(16)23)31-14-4-3-12(7-14)22(28)29/h5-6,8-12,14H,3-4,7H2,1-2H3,(H,28,29)/t12-,14+/m0/s1. The van der Waals surface area contributed by atoms with Gasteiger partial charge in [-0.2, -0.15) is 4.98 Å². The van der Waals surface area contributed by atoms with Gasteiger partial charge in [0, 0.05) is 11.8 Å². The van der Waals surface area contributed by atoms with Crippen LogP contribution >= 0.6 is 23.2 Å². The number of carboxylic acid groups (broad SMARTS) is 1. The number of aliphatic carboxylic acids is 1. The van der Waals surface area contributed by atoms with Crippen molar-refractivity contribution < 1.29 is 23.9 Å². The predicted molar refractivity (Wildman–Crippen MR) is 118 cm³/mol. The molecule has 0 spiro atoms. The van der Waals surface area contributed by atoms with Crippen LogP contribution in [0.15, 0.2) is 35.0 Å². The first-order valence-electron chi connectivity index (χ1n) is 10.2. The fourth-order valence-corrected chi connectivity index (χ4v) is 3.98. The van der Waals surface area contributed by atoms with Crippen LogP contribution in [0.5, 0.6) is 11.6 Å². The Kier molecular flexibility index (Phi) is 6.53. The quantitative estimate of drug-likeness (QED) is 0.473. The maximum absolute atomic E-state index is 11.1. The number of pyridine rings is 1. The highest BCUT2D eigenvalue weighted by atomic mass is 35.5. The van der Waals surface area contributed by atoms with Crippen LogP contribution in [0.25, 0.3) is 22.8 Å². The van der Waals surface area contributed by atoms with Gasteiger partial charge in [0.1, 0.15) is 10.8 Å². The number of nitrogens with zero attached hydrogens (tertiary/aromatic N) is 3. The highest BCUT2D eigenvalue weighted by molar-refractivity contribution is 6.33. The monoisotopic (exact) mass is 477 g/mol. The fraction of sp³-hybridized carbons (Fsp3) is 0.364. The Morgan fingerprint density at radius 1 is 1.22 bits per heavy atom. The number of carbonyl (C=O) groups is 1. The number of ether oxygens (including phenoxy) is 2. The number of benzene rings is 1. The van der Waals surface area contributed by atoms with Gasteiger partial charge >= 0.3 is 5.97 Å². The summed E-state index contributed by atoms with van der Waals surface area (Å²) in [6, 6.07) is 6.80. The van der Waals surface area contributed by atoms with Gasteiger partial charge in [-0.25, -0.2) is 4.98 Å². The molecule has 10 heteroatoms. The molecule has 1 saturated carbocycles. The number of rotatable bonds is 7. The molecule has 0 saturated heterocycles. The average Bonchev–Trinajstić information content (AvgIpc) is 3.39. The van der Waals surface area contributed by atoms with Crippen molar-refractivity contribution in [3.05, 3.63) is 40.5 Å². The lowest BCUT2D eigenvalue weighted by Gasteiger charge is -2.14. The van der Waals surface area contributed by atoms with Crippen molar-refractivity contribution in [3.63, 3.8) is 0 Å². The second kappa shape index (κ2) is 9.34. The first-order chi connectivity index (χ1) is 15.3. The maximum Gasteiger partial charge on any atom is 0.306 e.